The second-order valence-electron chi connectivity index (χ2n) is 2.87. The number of methoxy groups -OCH3 is 1. The molecule has 0 aliphatic carbocycles. The highest BCUT2D eigenvalue weighted by atomic mass is 16.5. The first-order valence-corrected chi connectivity index (χ1v) is 4.12. The van der Waals surface area contributed by atoms with Gasteiger partial charge in [-0.3, -0.25) is 14.8 Å². The summed E-state index contributed by atoms with van der Waals surface area (Å²) in [4.78, 5) is 22.2. The van der Waals surface area contributed by atoms with Crippen molar-refractivity contribution in [2.24, 2.45) is 0 Å². The van der Waals surface area contributed by atoms with Crippen molar-refractivity contribution >= 4 is 10.9 Å². The largest absolute Gasteiger partial charge is 0.468 e. The first-order valence-electron chi connectivity index (χ1n) is 4.12. The molecule has 2 aromatic rings. The Balaban J connectivity index is 2.91. The summed E-state index contributed by atoms with van der Waals surface area (Å²) in [6.07, 6.45) is 1.58. The van der Waals surface area contributed by atoms with Crippen LogP contribution in [-0.2, 0) is 0 Å². The molecule has 0 atom stereocenters. The van der Waals surface area contributed by atoms with E-state index in [2.05, 4.69) is 15.0 Å². The molecule has 0 aliphatic rings. The number of nitrogens with zero attached hydrogens (tertiary/aromatic N) is 2. The van der Waals surface area contributed by atoms with Crippen LogP contribution in [0.15, 0.2) is 17.1 Å². The minimum Gasteiger partial charge on any atom is -0.468 e. The molecule has 5 heteroatoms. The SMILES string of the molecule is COc1nc2c(C)nccc2c(=O)[nH]1. The maximum absolute atomic E-state index is 11.5. The van der Waals surface area contributed by atoms with Crippen LogP contribution < -0.4 is 10.3 Å². The molecule has 5 nitrogen and oxygen atoms in total. The van der Waals surface area contributed by atoms with Crippen molar-refractivity contribution < 1.29 is 4.74 Å². The molecule has 72 valence electrons. The van der Waals surface area contributed by atoms with Gasteiger partial charge >= 0.3 is 0 Å². The third kappa shape index (κ3) is 1.22. The minimum absolute atomic E-state index is 0.207. The van der Waals surface area contributed by atoms with Crippen molar-refractivity contribution in [2.45, 2.75) is 6.92 Å². The molecule has 0 radical (unpaired) electrons. The lowest BCUT2D eigenvalue weighted by Gasteiger charge is -2.01. The van der Waals surface area contributed by atoms with Crippen molar-refractivity contribution in [3.63, 3.8) is 0 Å². The van der Waals surface area contributed by atoms with Gasteiger partial charge in [-0.1, -0.05) is 0 Å². The van der Waals surface area contributed by atoms with E-state index >= 15 is 0 Å². The number of rotatable bonds is 1. The number of H-pyrrole nitrogens is 1. The van der Waals surface area contributed by atoms with E-state index < -0.39 is 0 Å². The number of pyridine rings is 1. The Morgan fingerprint density at radius 3 is 3.00 bits per heavy atom. The van der Waals surface area contributed by atoms with Crippen LogP contribution in [0, 0.1) is 6.92 Å². The van der Waals surface area contributed by atoms with Gasteiger partial charge in [0, 0.05) is 6.20 Å². The van der Waals surface area contributed by atoms with Crippen LogP contribution in [0.2, 0.25) is 0 Å². The maximum Gasteiger partial charge on any atom is 0.296 e. The van der Waals surface area contributed by atoms with Gasteiger partial charge in [-0.15, -0.1) is 0 Å². The molecule has 1 N–H and O–H groups in total. The Labute approximate surface area is 79.8 Å². The van der Waals surface area contributed by atoms with Gasteiger partial charge in [0.15, 0.2) is 0 Å². The summed E-state index contributed by atoms with van der Waals surface area (Å²) in [5.74, 6) is 0. The van der Waals surface area contributed by atoms with E-state index in [1.165, 1.54) is 7.11 Å². The molecule has 0 amide bonds. The number of hydrogen-bond acceptors (Lipinski definition) is 4. The quantitative estimate of drug-likeness (QED) is 0.718. The highest BCUT2D eigenvalue weighted by Crippen LogP contribution is 2.11. The molecule has 2 rings (SSSR count). The van der Waals surface area contributed by atoms with E-state index in [1.54, 1.807) is 19.2 Å². The Morgan fingerprint density at radius 1 is 1.50 bits per heavy atom. The van der Waals surface area contributed by atoms with Gasteiger partial charge in [-0.05, 0) is 13.0 Å². The summed E-state index contributed by atoms with van der Waals surface area (Å²) < 4.78 is 4.86. The van der Waals surface area contributed by atoms with Gasteiger partial charge < -0.3 is 4.74 Å². The maximum atomic E-state index is 11.5. The summed E-state index contributed by atoms with van der Waals surface area (Å²) in [6.45, 7) is 1.80. The van der Waals surface area contributed by atoms with Crippen LogP contribution in [0.25, 0.3) is 10.9 Å². The molecule has 2 aromatic heterocycles. The van der Waals surface area contributed by atoms with Crippen LogP contribution in [0.1, 0.15) is 5.69 Å². The van der Waals surface area contributed by atoms with Gasteiger partial charge in [-0.2, -0.15) is 4.98 Å². The fraction of sp³-hybridized carbons (Fsp3) is 0.222. The van der Waals surface area contributed by atoms with E-state index in [9.17, 15) is 4.79 Å². The lowest BCUT2D eigenvalue weighted by atomic mass is 10.2. The van der Waals surface area contributed by atoms with E-state index in [4.69, 9.17) is 4.74 Å². The molecular formula is C9H9N3O2. The lowest BCUT2D eigenvalue weighted by molar-refractivity contribution is 0.380. The van der Waals surface area contributed by atoms with E-state index in [0.717, 1.165) is 0 Å². The number of aromatic amines is 1. The van der Waals surface area contributed by atoms with E-state index in [0.29, 0.717) is 16.6 Å². The molecule has 0 aliphatic heterocycles. The number of nitrogens with one attached hydrogen (secondary N) is 1. The predicted molar refractivity (Wildman–Crippen MR) is 51.4 cm³/mol. The summed E-state index contributed by atoms with van der Waals surface area (Å²) in [5.41, 5.74) is 1.08. The van der Waals surface area contributed by atoms with E-state index in [1.807, 2.05) is 0 Å². The molecule has 0 saturated heterocycles. The molecule has 0 bridgehead atoms. The van der Waals surface area contributed by atoms with E-state index in [-0.39, 0.29) is 11.6 Å². The Kier molecular flexibility index (Phi) is 1.92. The number of ether oxygens (including phenoxy) is 1. The molecular weight excluding hydrogens is 182 g/mol. The lowest BCUT2D eigenvalue weighted by Crippen LogP contribution is -2.10. The zero-order chi connectivity index (χ0) is 10.1. The van der Waals surface area contributed by atoms with Crippen molar-refractivity contribution in [2.75, 3.05) is 7.11 Å². The topological polar surface area (TPSA) is 67.9 Å². The van der Waals surface area contributed by atoms with Crippen LogP contribution in [0.5, 0.6) is 6.01 Å². The highest BCUT2D eigenvalue weighted by Gasteiger charge is 2.05. The Morgan fingerprint density at radius 2 is 2.29 bits per heavy atom. The second-order valence-corrected chi connectivity index (χ2v) is 2.87. The molecule has 0 saturated carbocycles. The number of fused-ring (bicyclic) bond motifs is 1. The summed E-state index contributed by atoms with van der Waals surface area (Å²) in [5, 5.41) is 0.526. The van der Waals surface area contributed by atoms with Gasteiger partial charge in [-0.25, -0.2) is 0 Å². The van der Waals surface area contributed by atoms with Crippen molar-refractivity contribution in [3.8, 4) is 6.01 Å². The van der Waals surface area contributed by atoms with Crippen LogP contribution >= 0.6 is 0 Å². The van der Waals surface area contributed by atoms with Gasteiger partial charge in [0.1, 0.15) is 5.52 Å². The Hall–Kier alpha value is -1.91. The molecule has 0 unspecified atom stereocenters. The fourth-order valence-corrected chi connectivity index (χ4v) is 1.27. The zero-order valence-electron chi connectivity index (χ0n) is 7.87. The highest BCUT2D eigenvalue weighted by molar-refractivity contribution is 5.79. The summed E-state index contributed by atoms with van der Waals surface area (Å²) in [7, 11) is 1.45. The smallest absolute Gasteiger partial charge is 0.296 e. The monoisotopic (exact) mass is 191 g/mol. The third-order valence-corrected chi connectivity index (χ3v) is 1.98. The van der Waals surface area contributed by atoms with Crippen LogP contribution in [0.3, 0.4) is 0 Å². The van der Waals surface area contributed by atoms with Gasteiger partial charge in [0.2, 0.25) is 0 Å². The second kappa shape index (κ2) is 3.10. The molecule has 0 fully saturated rings. The number of aromatic nitrogens is 3. The summed E-state index contributed by atoms with van der Waals surface area (Å²) >= 11 is 0. The molecule has 0 spiro atoms. The normalized spacial score (nSPS) is 10.4. The molecule has 14 heavy (non-hydrogen) atoms. The van der Waals surface area contributed by atoms with Crippen molar-refractivity contribution in [1.29, 1.82) is 0 Å². The first kappa shape index (κ1) is 8.68. The average Bonchev–Trinajstić information content (AvgIpc) is 2.19. The van der Waals surface area contributed by atoms with Crippen molar-refractivity contribution in [1.82, 2.24) is 15.0 Å². The third-order valence-electron chi connectivity index (χ3n) is 1.98. The molecule has 2 heterocycles. The van der Waals surface area contributed by atoms with Crippen molar-refractivity contribution in [3.05, 3.63) is 28.3 Å². The predicted octanol–water partition coefficient (Wildman–Crippen LogP) is 0.635. The average molecular weight is 191 g/mol. The Bertz CT molecular complexity index is 533. The number of aryl methyl sites for hydroxylation is 1. The van der Waals surface area contributed by atoms with Crippen LogP contribution in [-0.4, -0.2) is 22.1 Å². The number of hydrogen-bond donors (Lipinski definition) is 1. The van der Waals surface area contributed by atoms with Gasteiger partial charge in [0.25, 0.3) is 11.6 Å². The van der Waals surface area contributed by atoms with Crippen LogP contribution in [0.4, 0.5) is 0 Å². The minimum atomic E-state index is -0.211. The fourth-order valence-electron chi connectivity index (χ4n) is 1.27. The summed E-state index contributed by atoms with van der Waals surface area (Å²) in [6, 6.07) is 1.84. The van der Waals surface area contributed by atoms with Gasteiger partial charge in [0.05, 0.1) is 18.2 Å². The standard InChI is InChI=1S/C9H9N3O2/c1-5-7-6(3-4-10-5)8(13)12-9(11-7)14-2/h3-4H,1-2H3,(H,11,12,13). The molecule has 0 aromatic carbocycles. The zero-order valence-corrected chi connectivity index (χ0v) is 7.87. The first-order chi connectivity index (χ1) is 6.72.